The Hall–Kier alpha value is -0.410. The standard InChI is InChI=1S/C13H22N2S/c1-13(2,14)8-11-9-16-12(15-11)10-6-4-3-5-7-10/h9-10H,3-8,14H2,1-2H3. The van der Waals surface area contributed by atoms with Crippen LogP contribution in [0.1, 0.15) is 62.6 Å². The lowest BCUT2D eigenvalue weighted by molar-refractivity contribution is 0.440. The van der Waals surface area contributed by atoms with Crippen LogP contribution < -0.4 is 5.73 Å². The van der Waals surface area contributed by atoms with Gasteiger partial charge >= 0.3 is 0 Å². The molecule has 0 aromatic carbocycles. The van der Waals surface area contributed by atoms with E-state index in [0.29, 0.717) is 0 Å². The van der Waals surface area contributed by atoms with Crippen LogP contribution in [0.15, 0.2) is 5.38 Å². The van der Waals surface area contributed by atoms with E-state index in [0.717, 1.165) is 12.3 Å². The van der Waals surface area contributed by atoms with Gasteiger partial charge in [0.15, 0.2) is 0 Å². The van der Waals surface area contributed by atoms with Gasteiger partial charge in [-0.05, 0) is 26.7 Å². The first-order valence-electron chi connectivity index (χ1n) is 6.28. The van der Waals surface area contributed by atoms with Crippen molar-refractivity contribution in [3.8, 4) is 0 Å². The van der Waals surface area contributed by atoms with Crippen LogP contribution in [0.25, 0.3) is 0 Å². The highest BCUT2D eigenvalue weighted by Gasteiger charge is 2.20. The van der Waals surface area contributed by atoms with Crippen LogP contribution in [0.4, 0.5) is 0 Å². The summed E-state index contributed by atoms with van der Waals surface area (Å²) in [5.74, 6) is 0.730. The fourth-order valence-corrected chi connectivity index (χ4v) is 3.40. The Bertz CT molecular complexity index is 332. The van der Waals surface area contributed by atoms with Crippen LogP contribution in [0.3, 0.4) is 0 Å². The molecule has 0 bridgehead atoms. The average molecular weight is 238 g/mol. The number of hydrogen-bond acceptors (Lipinski definition) is 3. The predicted octanol–water partition coefficient (Wildman–Crippen LogP) is 3.47. The van der Waals surface area contributed by atoms with Crippen LogP contribution >= 0.6 is 11.3 Å². The van der Waals surface area contributed by atoms with E-state index in [-0.39, 0.29) is 5.54 Å². The molecule has 1 aromatic rings. The van der Waals surface area contributed by atoms with E-state index in [9.17, 15) is 0 Å². The van der Waals surface area contributed by atoms with Crippen molar-refractivity contribution in [2.24, 2.45) is 5.73 Å². The minimum Gasteiger partial charge on any atom is -0.325 e. The second-order valence-electron chi connectivity index (χ2n) is 5.68. The van der Waals surface area contributed by atoms with Crippen molar-refractivity contribution in [1.29, 1.82) is 0 Å². The van der Waals surface area contributed by atoms with Gasteiger partial charge in [-0.2, -0.15) is 0 Å². The van der Waals surface area contributed by atoms with E-state index in [1.165, 1.54) is 42.8 Å². The third-order valence-corrected chi connectivity index (χ3v) is 4.22. The monoisotopic (exact) mass is 238 g/mol. The van der Waals surface area contributed by atoms with Gasteiger partial charge in [0.2, 0.25) is 0 Å². The minimum atomic E-state index is -0.141. The molecule has 0 unspecified atom stereocenters. The molecule has 16 heavy (non-hydrogen) atoms. The molecule has 0 saturated heterocycles. The molecule has 1 aliphatic carbocycles. The lowest BCUT2D eigenvalue weighted by atomic mass is 9.90. The molecule has 0 spiro atoms. The summed E-state index contributed by atoms with van der Waals surface area (Å²) in [6, 6.07) is 0. The zero-order valence-electron chi connectivity index (χ0n) is 10.3. The molecule has 1 saturated carbocycles. The molecule has 90 valence electrons. The molecule has 1 heterocycles. The maximum atomic E-state index is 6.02. The van der Waals surface area contributed by atoms with E-state index < -0.39 is 0 Å². The molecular formula is C13H22N2S. The maximum Gasteiger partial charge on any atom is 0.0959 e. The molecule has 1 aliphatic rings. The third kappa shape index (κ3) is 3.29. The van der Waals surface area contributed by atoms with Crippen LogP contribution in [-0.4, -0.2) is 10.5 Å². The molecule has 0 atom stereocenters. The van der Waals surface area contributed by atoms with E-state index in [1.807, 2.05) is 11.3 Å². The Labute approximate surface area is 102 Å². The zero-order valence-corrected chi connectivity index (χ0v) is 11.1. The number of thiazole rings is 1. The summed E-state index contributed by atoms with van der Waals surface area (Å²) in [6.07, 6.45) is 7.71. The zero-order chi connectivity index (χ0) is 11.6. The molecular weight excluding hydrogens is 216 g/mol. The lowest BCUT2D eigenvalue weighted by Crippen LogP contribution is -2.34. The number of rotatable bonds is 3. The van der Waals surface area contributed by atoms with Crippen molar-refractivity contribution < 1.29 is 0 Å². The van der Waals surface area contributed by atoms with Gasteiger partial charge in [0, 0.05) is 23.3 Å². The Morgan fingerprint density at radius 3 is 2.69 bits per heavy atom. The van der Waals surface area contributed by atoms with E-state index in [1.54, 1.807) is 0 Å². The fraction of sp³-hybridized carbons (Fsp3) is 0.769. The van der Waals surface area contributed by atoms with Gasteiger partial charge in [0.1, 0.15) is 0 Å². The van der Waals surface area contributed by atoms with E-state index >= 15 is 0 Å². The number of aromatic nitrogens is 1. The number of nitrogens with zero attached hydrogens (tertiary/aromatic N) is 1. The Kier molecular flexibility index (Phi) is 3.65. The SMILES string of the molecule is CC(C)(N)Cc1csc(C2CCCCC2)n1. The van der Waals surface area contributed by atoms with Crippen LogP contribution in [0.2, 0.25) is 0 Å². The van der Waals surface area contributed by atoms with Crippen molar-refractivity contribution in [1.82, 2.24) is 4.98 Å². The summed E-state index contributed by atoms with van der Waals surface area (Å²) in [4.78, 5) is 4.76. The van der Waals surface area contributed by atoms with Crippen LogP contribution in [0, 0.1) is 0 Å². The molecule has 3 heteroatoms. The summed E-state index contributed by atoms with van der Waals surface area (Å²) < 4.78 is 0. The van der Waals surface area contributed by atoms with Crippen LogP contribution in [-0.2, 0) is 6.42 Å². The average Bonchev–Trinajstić information content (AvgIpc) is 2.65. The molecule has 1 aromatic heterocycles. The van der Waals surface area contributed by atoms with Crippen molar-refractivity contribution in [2.45, 2.75) is 63.8 Å². The van der Waals surface area contributed by atoms with E-state index in [4.69, 9.17) is 10.7 Å². The van der Waals surface area contributed by atoms with E-state index in [2.05, 4.69) is 19.2 Å². The first-order valence-corrected chi connectivity index (χ1v) is 7.16. The highest BCUT2D eigenvalue weighted by atomic mass is 32.1. The summed E-state index contributed by atoms with van der Waals surface area (Å²) in [7, 11) is 0. The van der Waals surface area contributed by atoms with Crippen LogP contribution in [0.5, 0.6) is 0 Å². The van der Waals surface area contributed by atoms with Gasteiger partial charge in [-0.25, -0.2) is 4.98 Å². The lowest BCUT2D eigenvalue weighted by Gasteiger charge is -2.19. The predicted molar refractivity (Wildman–Crippen MR) is 69.9 cm³/mol. The first-order chi connectivity index (χ1) is 7.54. The van der Waals surface area contributed by atoms with Gasteiger partial charge in [-0.15, -0.1) is 11.3 Å². The Morgan fingerprint density at radius 2 is 2.06 bits per heavy atom. The van der Waals surface area contributed by atoms with Gasteiger partial charge < -0.3 is 5.73 Å². The van der Waals surface area contributed by atoms with Crippen molar-refractivity contribution in [3.05, 3.63) is 16.1 Å². The highest BCUT2D eigenvalue weighted by Crippen LogP contribution is 2.34. The normalized spacial score (nSPS) is 18.9. The van der Waals surface area contributed by atoms with Gasteiger partial charge in [-0.3, -0.25) is 0 Å². The number of nitrogens with two attached hydrogens (primary N) is 1. The van der Waals surface area contributed by atoms with Gasteiger partial charge in [0.25, 0.3) is 0 Å². The molecule has 1 fully saturated rings. The summed E-state index contributed by atoms with van der Waals surface area (Å²) in [5, 5.41) is 3.54. The van der Waals surface area contributed by atoms with Crippen molar-refractivity contribution in [3.63, 3.8) is 0 Å². The fourth-order valence-electron chi connectivity index (χ4n) is 2.41. The molecule has 0 radical (unpaired) electrons. The van der Waals surface area contributed by atoms with Gasteiger partial charge in [-0.1, -0.05) is 19.3 Å². The molecule has 2 N–H and O–H groups in total. The molecule has 0 amide bonds. The quantitative estimate of drug-likeness (QED) is 0.875. The first kappa shape index (κ1) is 12.1. The van der Waals surface area contributed by atoms with Gasteiger partial charge in [0.05, 0.1) is 10.7 Å². The maximum absolute atomic E-state index is 6.02. The Morgan fingerprint density at radius 1 is 1.38 bits per heavy atom. The third-order valence-electron chi connectivity index (χ3n) is 3.16. The minimum absolute atomic E-state index is 0.141. The summed E-state index contributed by atoms with van der Waals surface area (Å²) >= 11 is 1.83. The summed E-state index contributed by atoms with van der Waals surface area (Å²) in [6.45, 7) is 4.12. The topological polar surface area (TPSA) is 38.9 Å². The second-order valence-corrected chi connectivity index (χ2v) is 6.57. The largest absolute Gasteiger partial charge is 0.325 e. The molecule has 2 nitrogen and oxygen atoms in total. The smallest absolute Gasteiger partial charge is 0.0959 e. The van der Waals surface area contributed by atoms with Crippen molar-refractivity contribution in [2.75, 3.05) is 0 Å². The highest BCUT2D eigenvalue weighted by molar-refractivity contribution is 7.09. The Balaban J connectivity index is 2.01. The molecule has 2 rings (SSSR count). The number of hydrogen-bond donors (Lipinski definition) is 1. The van der Waals surface area contributed by atoms with Crippen molar-refractivity contribution >= 4 is 11.3 Å². The summed E-state index contributed by atoms with van der Waals surface area (Å²) in [5.41, 5.74) is 7.06. The second kappa shape index (κ2) is 4.84. The molecule has 0 aliphatic heterocycles.